The van der Waals surface area contributed by atoms with Gasteiger partial charge < -0.3 is 0 Å². The lowest BCUT2D eigenvalue weighted by molar-refractivity contribution is 0.595. The highest BCUT2D eigenvalue weighted by molar-refractivity contribution is 7.90. The average Bonchev–Trinajstić information content (AvgIpc) is 2.26. The van der Waals surface area contributed by atoms with Gasteiger partial charge in [-0.1, -0.05) is 18.2 Å². The largest absolute Gasteiger partial charge is 0.228 e. The molecule has 0 aromatic heterocycles. The zero-order valence-electron chi connectivity index (χ0n) is 8.89. The van der Waals surface area contributed by atoms with Crippen LogP contribution in [0.25, 0.3) is 0 Å². The van der Waals surface area contributed by atoms with Gasteiger partial charge in [-0.15, -0.1) is 6.58 Å². The van der Waals surface area contributed by atoms with E-state index in [1.165, 1.54) is 0 Å². The molecule has 0 N–H and O–H groups in total. The number of allylic oxidation sites excluding steroid dienone is 1. The van der Waals surface area contributed by atoms with E-state index < -0.39 is 9.84 Å². The predicted octanol–water partition coefficient (Wildman–Crippen LogP) is 2.05. The van der Waals surface area contributed by atoms with Crippen LogP contribution in [-0.4, -0.2) is 14.2 Å². The Bertz CT molecular complexity index is 512. The molecule has 0 heterocycles. The van der Waals surface area contributed by atoms with E-state index in [0.29, 0.717) is 17.5 Å². The van der Waals surface area contributed by atoms with Gasteiger partial charge in [0.1, 0.15) is 0 Å². The molecule has 84 valence electrons. The molecule has 0 aliphatic heterocycles. The van der Waals surface area contributed by atoms with Crippen LogP contribution in [0, 0.1) is 11.3 Å². The second kappa shape index (κ2) is 5.47. The van der Waals surface area contributed by atoms with E-state index >= 15 is 0 Å². The number of nitriles is 1. The summed E-state index contributed by atoms with van der Waals surface area (Å²) in [5, 5.41) is 8.69. The van der Waals surface area contributed by atoms with Crippen molar-refractivity contribution in [2.24, 2.45) is 0 Å². The number of sulfone groups is 1. The van der Waals surface area contributed by atoms with Crippen molar-refractivity contribution < 1.29 is 8.42 Å². The first-order chi connectivity index (χ1) is 7.57. The number of benzene rings is 1. The fraction of sp³-hybridized carbons (Fsp3) is 0.250. The SMILES string of the molecule is C=CCCS(=O)(=O)Cc1cccc(C#N)c1. The molecule has 0 saturated carbocycles. The maximum absolute atomic E-state index is 11.6. The smallest absolute Gasteiger partial charge is 0.154 e. The molecule has 0 aliphatic carbocycles. The molecule has 0 aliphatic rings. The molecule has 0 radical (unpaired) electrons. The van der Waals surface area contributed by atoms with Crippen molar-refractivity contribution in [2.45, 2.75) is 12.2 Å². The Kier molecular flexibility index (Phi) is 4.27. The zero-order valence-corrected chi connectivity index (χ0v) is 9.70. The van der Waals surface area contributed by atoms with Crippen LogP contribution in [0.5, 0.6) is 0 Å². The van der Waals surface area contributed by atoms with E-state index in [-0.39, 0.29) is 11.5 Å². The Morgan fingerprint density at radius 3 is 2.81 bits per heavy atom. The molecule has 1 aromatic carbocycles. The van der Waals surface area contributed by atoms with E-state index in [9.17, 15) is 8.42 Å². The normalized spacial score (nSPS) is 10.7. The van der Waals surface area contributed by atoms with Crippen LogP contribution < -0.4 is 0 Å². The van der Waals surface area contributed by atoms with Gasteiger partial charge in [0.2, 0.25) is 0 Å². The Balaban J connectivity index is 2.80. The highest BCUT2D eigenvalue weighted by Crippen LogP contribution is 2.10. The quantitative estimate of drug-likeness (QED) is 0.734. The monoisotopic (exact) mass is 235 g/mol. The van der Waals surface area contributed by atoms with Crippen LogP contribution in [0.4, 0.5) is 0 Å². The minimum Gasteiger partial charge on any atom is -0.228 e. The standard InChI is InChI=1S/C12H13NO2S/c1-2-3-7-16(14,15)10-12-6-4-5-11(8-12)9-13/h2,4-6,8H,1,3,7,10H2. The maximum atomic E-state index is 11.6. The van der Waals surface area contributed by atoms with E-state index in [0.717, 1.165) is 0 Å². The summed E-state index contributed by atoms with van der Waals surface area (Å²) in [6.07, 6.45) is 2.05. The first-order valence-electron chi connectivity index (χ1n) is 4.88. The third-order valence-electron chi connectivity index (χ3n) is 2.08. The van der Waals surface area contributed by atoms with Crippen molar-refractivity contribution in [3.8, 4) is 6.07 Å². The van der Waals surface area contributed by atoms with Crippen molar-refractivity contribution in [2.75, 3.05) is 5.75 Å². The molecule has 0 fully saturated rings. The van der Waals surface area contributed by atoms with Gasteiger partial charge in [-0.2, -0.15) is 5.26 Å². The van der Waals surface area contributed by atoms with Crippen LogP contribution in [0.3, 0.4) is 0 Å². The molecule has 4 heteroatoms. The van der Waals surface area contributed by atoms with Gasteiger partial charge in [-0.3, -0.25) is 0 Å². The van der Waals surface area contributed by atoms with Gasteiger partial charge in [0.05, 0.1) is 23.1 Å². The second-order valence-electron chi connectivity index (χ2n) is 3.48. The molecule has 1 rings (SSSR count). The lowest BCUT2D eigenvalue weighted by Gasteiger charge is -2.03. The fourth-order valence-corrected chi connectivity index (χ4v) is 2.68. The Hall–Kier alpha value is -1.60. The summed E-state index contributed by atoms with van der Waals surface area (Å²) in [7, 11) is -3.10. The number of nitrogens with zero attached hydrogens (tertiary/aromatic N) is 1. The Labute approximate surface area is 95.9 Å². The number of rotatable bonds is 5. The van der Waals surface area contributed by atoms with Gasteiger partial charge in [0.25, 0.3) is 0 Å². The van der Waals surface area contributed by atoms with Crippen molar-refractivity contribution in [3.05, 3.63) is 48.0 Å². The minimum atomic E-state index is -3.10. The van der Waals surface area contributed by atoms with E-state index in [1.54, 1.807) is 30.3 Å². The molecule has 0 bridgehead atoms. The van der Waals surface area contributed by atoms with Crippen molar-refractivity contribution in [3.63, 3.8) is 0 Å². The lowest BCUT2D eigenvalue weighted by Crippen LogP contribution is -2.08. The summed E-state index contributed by atoms with van der Waals surface area (Å²) in [5.74, 6) is 0.0869. The minimum absolute atomic E-state index is 0.0175. The highest BCUT2D eigenvalue weighted by Gasteiger charge is 2.10. The lowest BCUT2D eigenvalue weighted by atomic mass is 10.2. The maximum Gasteiger partial charge on any atom is 0.154 e. The summed E-state index contributed by atoms with van der Waals surface area (Å²) in [6, 6.07) is 8.65. The van der Waals surface area contributed by atoms with Gasteiger partial charge in [-0.05, 0) is 24.1 Å². The first-order valence-corrected chi connectivity index (χ1v) is 6.70. The summed E-state index contributed by atoms with van der Waals surface area (Å²) < 4.78 is 23.3. The van der Waals surface area contributed by atoms with Crippen LogP contribution in [0.15, 0.2) is 36.9 Å². The molecule has 0 amide bonds. The summed E-state index contributed by atoms with van der Waals surface area (Å²) in [6.45, 7) is 3.49. The zero-order chi connectivity index (χ0) is 12.0. The Morgan fingerprint density at radius 1 is 1.44 bits per heavy atom. The molecule has 1 aromatic rings. The second-order valence-corrected chi connectivity index (χ2v) is 5.67. The van der Waals surface area contributed by atoms with E-state index in [2.05, 4.69) is 6.58 Å². The fourth-order valence-electron chi connectivity index (χ4n) is 1.32. The Morgan fingerprint density at radius 2 is 2.19 bits per heavy atom. The summed E-state index contributed by atoms with van der Waals surface area (Å²) in [5.41, 5.74) is 1.14. The summed E-state index contributed by atoms with van der Waals surface area (Å²) in [4.78, 5) is 0. The third kappa shape index (κ3) is 3.87. The molecule has 0 unspecified atom stereocenters. The molecule has 16 heavy (non-hydrogen) atoms. The topological polar surface area (TPSA) is 57.9 Å². The molecule has 3 nitrogen and oxygen atoms in total. The molecule has 0 spiro atoms. The predicted molar refractivity (Wildman–Crippen MR) is 63.5 cm³/mol. The van der Waals surface area contributed by atoms with Crippen LogP contribution in [-0.2, 0) is 15.6 Å². The van der Waals surface area contributed by atoms with Gasteiger partial charge in [0, 0.05) is 0 Å². The molecule has 0 atom stereocenters. The van der Waals surface area contributed by atoms with E-state index in [1.807, 2.05) is 6.07 Å². The van der Waals surface area contributed by atoms with Gasteiger partial charge in [-0.25, -0.2) is 8.42 Å². The van der Waals surface area contributed by atoms with Crippen molar-refractivity contribution in [1.82, 2.24) is 0 Å². The van der Waals surface area contributed by atoms with Crippen LogP contribution >= 0.6 is 0 Å². The number of hydrogen-bond donors (Lipinski definition) is 0. The summed E-state index contributed by atoms with van der Waals surface area (Å²) >= 11 is 0. The average molecular weight is 235 g/mol. The first kappa shape index (κ1) is 12.5. The number of hydrogen-bond acceptors (Lipinski definition) is 3. The van der Waals surface area contributed by atoms with Crippen LogP contribution in [0.1, 0.15) is 17.5 Å². The van der Waals surface area contributed by atoms with Gasteiger partial charge in [0.15, 0.2) is 9.84 Å². The van der Waals surface area contributed by atoms with Gasteiger partial charge >= 0.3 is 0 Å². The van der Waals surface area contributed by atoms with Crippen molar-refractivity contribution in [1.29, 1.82) is 5.26 Å². The molecule has 0 saturated heterocycles. The molecular weight excluding hydrogens is 222 g/mol. The third-order valence-corrected chi connectivity index (χ3v) is 3.71. The molecular formula is C12H13NO2S. The van der Waals surface area contributed by atoms with E-state index in [4.69, 9.17) is 5.26 Å². The van der Waals surface area contributed by atoms with Crippen molar-refractivity contribution >= 4 is 9.84 Å². The highest BCUT2D eigenvalue weighted by atomic mass is 32.2. The van der Waals surface area contributed by atoms with Crippen LogP contribution in [0.2, 0.25) is 0 Å².